The third-order valence-corrected chi connectivity index (χ3v) is 3.58. The van der Waals surface area contributed by atoms with Crippen LogP contribution < -0.4 is 11.3 Å². The van der Waals surface area contributed by atoms with Gasteiger partial charge in [-0.05, 0) is 18.2 Å². The van der Waals surface area contributed by atoms with E-state index in [-0.39, 0.29) is 5.56 Å². The Hall–Kier alpha value is -3.08. The number of rotatable bonds is 1. The number of hydrogen-bond donors (Lipinski definition) is 3. The van der Waals surface area contributed by atoms with Crippen molar-refractivity contribution in [3.63, 3.8) is 0 Å². The van der Waals surface area contributed by atoms with Gasteiger partial charge in [-0.1, -0.05) is 30.3 Å². The summed E-state index contributed by atoms with van der Waals surface area (Å²) in [6.45, 7) is 0. The van der Waals surface area contributed by atoms with Crippen molar-refractivity contribution in [3.05, 3.63) is 58.9 Å². The third kappa shape index (κ3) is 1.71. The predicted octanol–water partition coefficient (Wildman–Crippen LogP) is 2.65. The summed E-state index contributed by atoms with van der Waals surface area (Å²) in [5.74, 6) is 0. The number of nitrogen functional groups attached to an aromatic ring is 1. The van der Waals surface area contributed by atoms with Crippen molar-refractivity contribution in [2.75, 3.05) is 5.73 Å². The highest BCUT2D eigenvalue weighted by Gasteiger charge is 2.15. The Morgan fingerprint density at radius 3 is 2.43 bits per heavy atom. The second kappa shape index (κ2) is 4.21. The zero-order valence-corrected chi connectivity index (χ0v) is 11.1. The van der Waals surface area contributed by atoms with E-state index in [4.69, 9.17) is 5.73 Å². The second-order valence-corrected chi connectivity index (χ2v) is 4.89. The van der Waals surface area contributed by atoms with Crippen LogP contribution in [-0.2, 0) is 0 Å². The molecule has 2 aromatic carbocycles. The number of H-pyrrole nitrogens is 2. The van der Waals surface area contributed by atoms with Crippen LogP contribution in [0.4, 0.5) is 5.69 Å². The van der Waals surface area contributed by atoms with Crippen molar-refractivity contribution < 1.29 is 0 Å². The number of nitrogens with two attached hydrogens (primary N) is 1. The molecular weight excluding hydrogens is 264 g/mol. The Bertz CT molecular complexity index is 1030. The SMILES string of the molecule is Nc1c(-c2nc3ccccc3[nH]c2=O)[nH]c2ccccc12. The van der Waals surface area contributed by atoms with Crippen molar-refractivity contribution >= 4 is 27.6 Å². The van der Waals surface area contributed by atoms with E-state index in [1.54, 1.807) is 0 Å². The predicted molar refractivity (Wildman–Crippen MR) is 84.1 cm³/mol. The Balaban J connectivity index is 2.06. The standard InChI is InChI=1S/C16H12N4O/c17-13-9-5-1-2-6-10(9)18-14(13)15-16(21)20-12-8-4-3-7-11(12)19-15/h1-8,18H,17H2,(H,20,21). The Morgan fingerprint density at radius 2 is 1.62 bits per heavy atom. The normalized spacial score (nSPS) is 11.2. The molecule has 0 saturated carbocycles. The van der Waals surface area contributed by atoms with Crippen LogP contribution in [0.3, 0.4) is 0 Å². The molecule has 0 aliphatic rings. The van der Waals surface area contributed by atoms with Crippen molar-refractivity contribution in [1.29, 1.82) is 0 Å². The molecule has 2 heterocycles. The summed E-state index contributed by atoms with van der Waals surface area (Å²) in [5, 5.41) is 0.891. The fourth-order valence-electron chi connectivity index (χ4n) is 2.55. The molecule has 102 valence electrons. The molecule has 0 unspecified atom stereocenters. The summed E-state index contributed by atoms with van der Waals surface area (Å²) in [7, 11) is 0. The molecule has 0 fully saturated rings. The first-order chi connectivity index (χ1) is 10.2. The molecule has 0 aliphatic heterocycles. The monoisotopic (exact) mass is 276 g/mol. The van der Waals surface area contributed by atoms with E-state index in [2.05, 4.69) is 15.0 Å². The van der Waals surface area contributed by atoms with E-state index in [1.807, 2.05) is 48.5 Å². The lowest BCUT2D eigenvalue weighted by molar-refractivity contribution is 1.20. The molecule has 4 rings (SSSR count). The van der Waals surface area contributed by atoms with Gasteiger partial charge in [0, 0.05) is 10.9 Å². The Kier molecular flexibility index (Phi) is 2.35. The fourth-order valence-corrected chi connectivity index (χ4v) is 2.55. The van der Waals surface area contributed by atoms with Crippen molar-refractivity contribution in [2.24, 2.45) is 0 Å². The van der Waals surface area contributed by atoms with Gasteiger partial charge in [-0.2, -0.15) is 0 Å². The maximum absolute atomic E-state index is 12.3. The first kappa shape index (κ1) is 11.7. The second-order valence-electron chi connectivity index (χ2n) is 4.89. The highest BCUT2D eigenvalue weighted by Crippen LogP contribution is 2.30. The maximum Gasteiger partial charge on any atom is 0.276 e. The fraction of sp³-hybridized carbons (Fsp3) is 0. The summed E-state index contributed by atoms with van der Waals surface area (Å²) in [5.41, 5.74) is 9.63. The van der Waals surface area contributed by atoms with Crippen molar-refractivity contribution in [3.8, 4) is 11.4 Å². The molecule has 0 bridgehead atoms. The molecule has 5 nitrogen and oxygen atoms in total. The zero-order chi connectivity index (χ0) is 14.4. The molecule has 2 aromatic heterocycles. The average Bonchev–Trinajstić information content (AvgIpc) is 2.84. The van der Waals surface area contributed by atoms with Gasteiger partial charge in [0.1, 0.15) is 0 Å². The van der Waals surface area contributed by atoms with Gasteiger partial charge in [0.15, 0.2) is 5.69 Å². The topological polar surface area (TPSA) is 87.6 Å². The number of aromatic amines is 2. The Morgan fingerprint density at radius 1 is 0.905 bits per heavy atom. The molecule has 4 aromatic rings. The lowest BCUT2D eigenvalue weighted by Crippen LogP contribution is -2.12. The quantitative estimate of drug-likeness (QED) is 0.499. The van der Waals surface area contributed by atoms with Crippen LogP contribution in [0.15, 0.2) is 53.3 Å². The number of nitrogens with one attached hydrogen (secondary N) is 2. The van der Waals surface area contributed by atoms with E-state index in [9.17, 15) is 4.79 Å². The summed E-state index contributed by atoms with van der Waals surface area (Å²) in [6, 6.07) is 15.1. The molecule has 0 aliphatic carbocycles. The van der Waals surface area contributed by atoms with E-state index >= 15 is 0 Å². The van der Waals surface area contributed by atoms with Crippen molar-refractivity contribution in [2.45, 2.75) is 0 Å². The number of para-hydroxylation sites is 3. The van der Waals surface area contributed by atoms with Crippen LogP contribution in [0.2, 0.25) is 0 Å². The summed E-state index contributed by atoms with van der Waals surface area (Å²) in [6.07, 6.45) is 0. The minimum atomic E-state index is -0.257. The molecule has 21 heavy (non-hydrogen) atoms. The van der Waals surface area contributed by atoms with E-state index in [1.165, 1.54) is 0 Å². The van der Waals surface area contributed by atoms with Crippen LogP contribution in [0.25, 0.3) is 33.3 Å². The van der Waals surface area contributed by atoms with E-state index in [0.29, 0.717) is 22.6 Å². The van der Waals surface area contributed by atoms with Gasteiger partial charge in [0.25, 0.3) is 5.56 Å². The van der Waals surface area contributed by atoms with Crippen LogP contribution >= 0.6 is 0 Å². The smallest absolute Gasteiger partial charge is 0.276 e. The van der Waals surface area contributed by atoms with Crippen molar-refractivity contribution in [1.82, 2.24) is 15.0 Å². The van der Waals surface area contributed by atoms with Crippen LogP contribution in [0.5, 0.6) is 0 Å². The maximum atomic E-state index is 12.3. The molecule has 0 spiro atoms. The van der Waals surface area contributed by atoms with Crippen LogP contribution in [-0.4, -0.2) is 15.0 Å². The summed E-state index contributed by atoms with van der Waals surface area (Å²) < 4.78 is 0. The number of anilines is 1. The van der Waals surface area contributed by atoms with Gasteiger partial charge in [0.05, 0.1) is 22.4 Å². The summed E-state index contributed by atoms with van der Waals surface area (Å²) in [4.78, 5) is 22.7. The number of hydrogen-bond acceptors (Lipinski definition) is 3. The van der Waals surface area contributed by atoms with Gasteiger partial charge < -0.3 is 15.7 Å². The van der Waals surface area contributed by atoms with E-state index < -0.39 is 0 Å². The number of nitrogens with zero attached hydrogens (tertiary/aromatic N) is 1. The zero-order valence-electron chi connectivity index (χ0n) is 11.1. The molecule has 5 heteroatoms. The largest absolute Gasteiger partial charge is 0.396 e. The van der Waals surface area contributed by atoms with Gasteiger partial charge in [-0.3, -0.25) is 4.79 Å². The molecule has 0 radical (unpaired) electrons. The minimum absolute atomic E-state index is 0.257. The van der Waals surface area contributed by atoms with Gasteiger partial charge >= 0.3 is 0 Å². The lowest BCUT2D eigenvalue weighted by Gasteiger charge is -2.02. The number of aromatic nitrogens is 3. The van der Waals surface area contributed by atoms with Crippen LogP contribution in [0.1, 0.15) is 0 Å². The average molecular weight is 276 g/mol. The number of fused-ring (bicyclic) bond motifs is 2. The van der Waals surface area contributed by atoms with Crippen LogP contribution in [0, 0.1) is 0 Å². The third-order valence-electron chi connectivity index (χ3n) is 3.58. The first-order valence-corrected chi connectivity index (χ1v) is 6.59. The molecule has 4 N–H and O–H groups in total. The van der Waals surface area contributed by atoms with Gasteiger partial charge in [-0.15, -0.1) is 0 Å². The minimum Gasteiger partial charge on any atom is -0.396 e. The summed E-state index contributed by atoms with van der Waals surface area (Å²) >= 11 is 0. The molecule has 0 amide bonds. The van der Waals surface area contributed by atoms with Gasteiger partial charge in [0.2, 0.25) is 0 Å². The first-order valence-electron chi connectivity index (χ1n) is 6.59. The van der Waals surface area contributed by atoms with Gasteiger partial charge in [-0.25, -0.2) is 4.98 Å². The highest BCUT2D eigenvalue weighted by atomic mass is 16.1. The lowest BCUT2D eigenvalue weighted by atomic mass is 10.2. The Labute approximate surface area is 119 Å². The molecular formula is C16H12N4O. The van der Waals surface area contributed by atoms with E-state index in [0.717, 1.165) is 16.4 Å². The number of benzene rings is 2. The highest BCUT2D eigenvalue weighted by molar-refractivity contribution is 5.99. The molecule has 0 saturated heterocycles. The molecule has 0 atom stereocenters.